The lowest BCUT2D eigenvalue weighted by molar-refractivity contribution is -0.137. The molecule has 2 aliphatic heterocycles. The largest absolute Gasteiger partial charge is 0.342 e. The number of carbonyl (C=O) groups is 2. The standard InChI is InChI=1S/C28H36FN5O2/c1-20-21(2)34(18-22-7-9-24(29)10-8-22)27(25(20)17-30)31-26(35)19-32-15-11-23(12-16-32)28(36)33-13-5-3-4-6-14-33/h7-10,23H,3-6,11-16,18-19H2,1-2H3,(H,31,35). The first-order chi connectivity index (χ1) is 17.4. The van der Waals surface area contributed by atoms with Crippen LogP contribution in [0.5, 0.6) is 0 Å². The van der Waals surface area contributed by atoms with E-state index in [1.54, 1.807) is 12.1 Å². The molecule has 0 atom stereocenters. The quantitative estimate of drug-likeness (QED) is 0.654. The molecule has 2 amide bonds. The van der Waals surface area contributed by atoms with Gasteiger partial charge in [0.2, 0.25) is 11.8 Å². The molecule has 1 aromatic heterocycles. The predicted octanol–water partition coefficient (Wildman–Crippen LogP) is 4.22. The van der Waals surface area contributed by atoms with Crippen molar-refractivity contribution in [3.8, 4) is 6.07 Å². The van der Waals surface area contributed by atoms with Crippen molar-refractivity contribution >= 4 is 17.6 Å². The molecular weight excluding hydrogens is 457 g/mol. The number of nitriles is 1. The minimum atomic E-state index is -0.303. The molecule has 2 aliphatic rings. The lowest BCUT2D eigenvalue weighted by Crippen LogP contribution is -2.44. The molecule has 1 N–H and O–H groups in total. The Kier molecular flexibility index (Phi) is 8.42. The van der Waals surface area contributed by atoms with E-state index in [4.69, 9.17) is 0 Å². The van der Waals surface area contributed by atoms with Crippen LogP contribution in [-0.2, 0) is 16.1 Å². The highest BCUT2D eigenvalue weighted by Crippen LogP contribution is 2.28. The summed E-state index contributed by atoms with van der Waals surface area (Å²) in [6.45, 7) is 7.59. The zero-order valence-corrected chi connectivity index (χ0v) is 21.4. The van der Waals surface area contributed by atoms with Crippen LogP contribution in [0.1, 0.15) is 60.9 Å². The minimum Gasteiger partial charge on any atom is -0.342 e. The van der Waals surface area contributed by atoms with Crippen LogP contribution in [0.25, 0.3) is 0 Å². The van der Waals surface area contributed by atoms with Crippen molar-refractivity contribution in [2.24, 2.45) is 5.92 Å². The number of amides is 2. The van der Waals surface area contributed by atoms with Crippen molar-refractivity contribution in [1.82, 2.24) is 14.4 Å². The van der Waals surface area contributed by atoms with Crippen LogP contribution in [0.15, 0.2) is 24.3 Å². The van der Waals surface area contributed by atoms with Gasteiger partial charge >= 0.3 is 0 Å². The molecule has 3 heterocycles. The van der Waals surface area contributed by atoms with E-state index in [2.05, 4.69) is 16.3 Å². The van der Waals surface area contributed by atoms with Crippen molar-refractivity contribution in [3.63, 3.8) is 0 Å². The van der Waals surface area contributed by atoms with Gasteiger partial charge in [-0.3, -0.25) is 14.5 Å². The number of hydrogen-bond donors (Lipinski definition) is 1. The molecule has 4 rings (SSSR count). The molecule has 0 saturated carbocycles. The third-order valence-electron chi connectivity index (χ3n) is 7.67. The maximum absolute atomic E-state index is 13.3. The Morgan fingerprint density at radius 3 is 2.28 bits per heavy atom. The molecule has 2 fully saturated rings. The molecule has 0 radical (unpaired) electrons. The third kappa shape index (κ3) is 5.96. The smallest absolute Gasteiger partial charge is 0.239 e. The van der Waals surface area contributed by atoms with Crippen molar-refractivity contribution in [1.29, 1.82) is 5.26 Å². The number of likely N-dealkylation sites (tertiary alicyclic amines) is 2. The van der Waals surface area contributed by atoms with E-state index < -0.39 is 0 Å². The molecule has 1 aromatic carbocycles. The second kappa shape index (κ2) is 11.7. The van der Waals surface area contributed by atoms with E-state index in [0.29, 0.717) is 31.0 Å². The maximum atomic E-state index is 13.3. The molecule has 0 unspecified atom stereocenters. The summed E-state index contributed by atoms with van der Waals surface area (Å²) in [5.74, 6) is 0.326. The molecular formula is C28H36FN5O2. The van der Waals surface area contributed by atoms with Gasteiger partial charge in [-0.05, 0) is 75.9 Å². The highest BCUT2D eigenvalue weighted by molar-refractivity contribution is 5.93. The van der Waals surface area contributed by atoms with Gasteiger partial charge in [-0.15, -0.1) is 0 Å². The molecule has 7 nitrogen and oxygen atoms in total. The van der Waals surface area contributed by atoms with Gasteiger partial charge in [-0.2, -0.15) is 5.26 Å². The normalized spacial score (nSPS) is 17.4. The number of carbonyl (C=O) groups excluding carboxylic acids is 2. The average molecular weight is 494 g/mol. The Morgan fingerprint density at radius 1 is 1.03 bits per heavy atom. The summed E-state index contributed by atoms with van der Waals surface area (Å²) in [6.07, 6.45) is 6.14. The second-order valence-electron chi connectivity index (χ2n) is 10.1. The summed E-state index contributed by atoms with van der Waals surface area (Å²) in [7, 11) is 0. The summed E-state index contributed by atoms with van der Waals surface area (Å²) >= 11 is 0. The van der Waals surface area contributed by atoms with Crippen LogP contribution < -0.4 is 5.32 Å². The number of anilines is 1. The second-order valence-corrected chi connectivity index (χ2v) is 10.1. The zero-order chi connectivity index (χ0) is 25.7. The lowest BCUT2D eigenvalue weighted by atomic mass is 9.95. The van der Waals surface area contributed by atoms with E-state index in [9.17, 15) is 19.2 Å². The number of halogens is 1. The molecule has 0 spiro atoms. The van der Waals surface area contributed by atoms with E-state index in [0.717, 1.165) is 55.6 Å². The van der Waals surface area contributed by atoms with Gasteiger partial charge < -0.3 is 14.8 Å². The van der Waals surface area contributed by atoms with E-state index in [-0.39, 0.29) is 30.1 Å². The first-order valence-electron chi connectivity index (χ1n) is 13.0. The number of hydrogen-bond acceptors (Lipinski definition) is 4. The first kappa shape index (κ1) is 25.9. The van der Waals surface area contributed by atoms with Gasteiger partial charge in [0.05, 0.1) is 12.1 Å². The van der Waals surface area contributed by atoms with E-state index in [1.807, 2.05) is 23.3 Å². The predicted molar refractivity (Wildman–Crippen MR) is 137 cm³/mol. The highest BCUT2D eigenvalue weighted by atomic mass is 19.1. The Bertz CT molecular complexity index is 1120. The van der Waals surface area contributed by atoms with Gasteiger partial charge in [0.15, 0.2) is 0 Å². The van der Waals surface area contributed by atoms with E-state index in [1.165, 1.54) is 25.0 Å². The van der Waals surface area contributed by atoms with Crippen LogP contribution >= 0.6 is 0 Å². The van der Waals surface area contributed by atoms with Crippen LogP contribution in [0.4, 0.5) is 10.2 Å². The van der Waals surface area contributed by atoms with Gasteiger partial charge in [0.25, 0.3) is 0 Å². The summed E-state index contributed by atoms with van der Waals surface area (Å²) in [5.41, 5.74) is 3.04. The molecule has 0 aliphatic carbocycles. The lowest BCUT2D eigenvalue weighted by Gasteiger charge is -2.33. The summed E-state index contributed by atoms with van der Waals surface area (Å²) in [4.78, 5) is 30.1. The number of rotatable bonds is 6. The summed E-state index contributed by atoms with van der Waals surface area (Å²) < 4.78 is 15.3. The summed E-state index contributed by atoms with van der Waals surface area (Å²) in [5, 5.41) is 12.7. The van der Waals surface area contributed by atoms with Crippen LogP contribution in [0.2, 0.25) is 0 Å². The van der Waals surface area contributed by atoms with Crippen molar-refractivity contribution < 1.29 is 14.0 Å². The number of benzene rings is 1. The monoisotopic (exact) mass is 493 g/mol. The maximum Gasteiger partial charge on any atom is 0.239 e. The number of nitrogens with one attached hydrogen (secondary N) is 1. The fourth-order valence-electron chi connectivity index (χ4n) is 5.36. The van der Waals surface area contributed by atoms with Gasteiger partial charge in [-0.25, -0.2) is 4.39 Å². The van der Waals surface area contributed by atoms with Gasteiger partial charge in [-0.1, -0.05) is 25.0 Å². The first-order valence-corrected chi connectivity index (χ1v) is 13.0. The molecule has 0 bridgehead atoms. The van der Waals surface area contributed by atoms with Gasteiger partial charge in [0.1, 0.15) is 17.7 Å². The van der Waals surface area contributed by atoms with Crippen LogP contribution in [-0.4, -0.2) is 58.9 Å². The van der Waals surface area contributed by atoms with Crippen LogP contribution in [0, 0.1) is 36.9 Å². The Labute approximate surface area is 212 Å². The van der Waals surface area contributed by atoms with Gasteiger partial charge in [0, 0.05) is 31.2 Å². The van der Waals surface area contributed by atoms with Crippen LogP contribution in [0.3, 0.4) is 0 Å². The number of aromatic nitrogens is 1. The Hall–Kier alpha value is -3.18. The Balaban J connectivity index is 1.37. The van der Waals surface area contributed by atoms with E-state index >= 15 is 0 Å². The molecule has 192 valence electrons. The third-order valence-corrected chi connectivity index (χ3v) is 7.67. The molecule has 8 heteroatoms. The average Bonchev–Trinajstić information content (AvgIpc) is 3.07. The molecule has 2 aromatic rings. The van der Waals surface area contributed by atoms with Crippen molar-refractivity contribution in [3.05, 3.63) is 52.5 Å². The SMILES string of the molecule is Cc1c(C#N)c(NC(=O)CN2CCC(C(=O)N3CCCCCC3)CC2)n(Cc2ccc(F)cc2)c1C. The topological polar surface area (TPSA) is 81.4 Å². The fourth-order valence-corrected chi connectivity index (χ4v) is 5.36. The molecule has 2 saturated heterocycles. The van der Waals surface area contributed by atoms with Crippen molar-refractivity contribution in [2.45, 2.75) is 58.9 Å². The minimum absolute atomic E-state index is 0.0471. The summed E-state index contributed by atoms with van der Waals surface area (Å²) in [6, 6.07) is 8.46. The Morgan fingerprint density at radius 2 is 1.67 bits per heavy atom. The number of piperidine rings is 1. The fraction of sp³-hybridized carbons (Fsp3) is 0.536. The van der Waals surface area contributed by atoms with Crippen molar-refractivity contribution in [2.75, 3.05) is 38.0 Å². The highest BCUT2D eigenvalue weighted by Gasteiger charge is 2.30. The number of nitrogens with zero attached hydrogens (tertiary/aromatic N) is 4. The molecule has 36 heavy (non-hydrogen) atoms. The zero-order valence-electron chi connectivity index (χ0n) is 21.4.